The number of benzene rings is 5. The van der Waals surface area contributed by atoms with Gasteiger partial charge in [0.15, 0.2) is 17.6 Å². The molecule has 0 saturated heterocycles. The molecule has 176 valence electrons. The average Bonchev–Trinajstić information content (AvgIpc) is 2.95. The summed E-state index contributed by atoms with van der Waals surface area (Å²) in [5.41, 5.74) is 1.44. The van der Waals surface area contributed by atoms with Crippen LogP contribution in [0.2, 0.25) is 0 Å². The van der Waals surface area contributed by atoms with Gasteiger partial charge in [-0.1, -0.05) is 171 Å². The number of thioether (sulfide) groups is 1. The van der Waals surface area contributed by atoms with Gasteiger partial charge in [-0.15, -0.1) is 0 Å². The molecule has 5 rings (SSSR count). The normalized spacial score (nSPS) is 11.2. The summed E-state index contributed by atoms with van der Waals surface area (Å²) in [5, 5.41) is 8.83. The zero-order valence-electron chi connectivity index (χ0n) is 20.6. The number of hydrogen-bond donors (Lipinski definition) is 0. The summed E-state index contributed by atoms with van der Waals surface area (Å²) in [4.78, 5) is 0. The van der Waals surface area contributed by atoms with Crippen LogP contribution in [0, 0.1) is 0 Å². The van der Waals surface area contributed by atoms with E-state index in [2.05, 4.69) is 146 Å². The Morgan fingerprint density at radius 3 is 1.25 bits per heavy atom. The molecular formula is C33H30SSi2. The van der Waals surface area contributed by atoms with E-state index in [1.807, 2.05) is 11.8 Å². The van der Waals surface area contributed by atoms with E-state index < -0.39 is 17.6 Å². The third-order valence-electron chi connectivity index (χ3n) is 6.47. The predicted octanol–water partition coefficient (Wildman–Crippen LogP) is 3.62. The second-order valence-corrected chi connectivity index (χ2v) is 14.7. The Balaban J connectivity index is 1.77. The Bertz CT molecular complexity index is 1280. The lowest BCUT2D eigenvalue weighted by atomic mass is 10.2. The van der Waals surface area contributed by atoms with Gasteiger partial charge in [0.25, 0.3) is 0 Å². The minimum absolute atomic E-state index is 1.10. The molecular weight excluding hydrogens is 485 g/mol. The van der Waals surface area contributed by atoms with Crippen molar-refractivity contribution >= 4 is 60.5 Å². The number of hydrogen-bond acceptors (Lipinski definition) is 1. The van der Waals surface area contributed by atoms with E-state index in [0.717, 1.165) is 12.2 Å². The molecule has 0 saturated carbocycles. The van der Waals surface area contributed by atoms with Crippen molar-refractivity contribution < 1.29 is 0 Å². The van der Waals surface area contributed by atoms with E-state index in [1.54, 1.807) is 0 Å². The Hall–Kier alpha value is -3.12. The third kappa shape index (κ3) is 5.65. The molecule has 5 aromatic carbocycles. The molecule has 0 aliphatic rings. The SMILES string of the molecule is CSCCc1ccc([Si](c2ccccc2)c2ccccc2)c([Si](c2ccccc2)c2ccccc2)c1. The van der Waals surface area contributed by atoms with Crippen molar-refractivity contribution in [3.05, 3.63) is 145 Å². The topological polar surface area (TPSA) is 0 Å². The highest BCUT2D eigenvalue weighted by Crippen LogP contribution is 2.06. The molecule has 36 heavy (non-hydrogen) atoms. The van der Waals surface area contributed by atoms with Crippen LogP contribution in [0.4, 0.5) is 0 Å². The van der Waals surface area contributed by atoms with Crippen molar-refractivity contribution in [2.24, 2.45) is 0 Å². The first-order valence-electron chi connectivity index (χ1n) is 12.4. The molecule has 0 amide bonds. The highest BCUT2D eigenvalue weighted by Gasteiger charge is 2.28. The van der Waals surface area contributed by atoms with Gasteiger partial charge in [0, 0.05) is 0 Å². The molecule has 0 nitrogen and oxygen atoms in total. The van der Waals surface area contributed by atoms with Gasteiger partial charge >= 0.3 is 0 Å². The largest absolute Gasteiger partial charge is 0.165 e. The fourth-order valence-electron chi connectivity index (χ4n) is 4.77. The van der Waals surface area contributed by atoms with Crippen LogP contribution in [0.5, 0.6) is 0 Å². The molecule has 0 aliphatic carbocycles. The average molecular weight is 515 g/mol. The molecule has 0 unspecified atom stereocenters. The highest BCUT2D eigenvalue weighted by molar-refractivity contribution is 7.98. The van der Waals surface area contributed by atoms with Crippen LogP contribution in [0.25, 0.3) is 0 Å². The van der Waals surface area contributed by atoms with E-state index >= 15 is 0 Å². The third-order valence-corrected chi connectivity index (χ3v) is 12.9. The first-order valence-corrected chi connectivity index (χ1v) is 16.8. The van der Waals surface area contributed by atoms with Gasteiger partial charge in [-0.05, 0) is 24.0 Å². The lowest BCUT2D eigenvalue weighted by molar-refractivity contribution is 1.16. The summed E-state index contributed by atoms with van der Waals surface area (Å²) in [5.74, 6) is 1.15. The van der Waals surface area contributed by atoms with Crippen molar-refractivity contribution in [3.8, 4) is 0 Å². The maximum atomic E-state index is 2.55. The second kappa shape index (κ2) is 12.2. The Labute approximate surface area is 223 Å². The zero-order valence-corrected chi connectivity index (χ0v) is 23.4. The quantitative estimate of drug-likeness (QED) is 0.214. The second-order valence-electron chi connectivity index (χ2n) is 8.84. The first-order chi connectivity index (χ1) is 17.8. The van der Waals surface area contributed by atoms with Gasteiger partial charge in [0.05, 0.1) is 0 Å². The summed E-state index contributed by atoms with van der Waals surface area (Å²) in [7, 11) is -2.38. The minimum atomic E-state index is -1.19. The van der Waals surface area contributed by atoms with Crippen molar-refractivity contribution in [1.82, 2.24) is 0 Å². The summed E-state index contributed by atoms with van der Waals surface area (Å²) < 4.78 is 0. The molecule has 0 spiro atoms. The summed E-state index contributed by atoms with van der Waals surface area (Å²) in [6.45, 7) is 0. The maximum Gasteiger partial charge on any atom is 0.154 e. The molecule has 0 heterocycles. The first kappa shape index (κ1) is 24.6. The number of rotatable bonds is 9. The lowest BCUT2D eigenvalue weighted by Gasteiger charge is -2.26. The summed E-state index contributed by atoms with van der Waals surface area (Å²) in [6.07, 6.45) is 3.30. The van der Waals surface area contributed by atoms with Gasteiger partial charge in [0.2, 0.25) is 0 Å². The van der Waals surface area contributed by atoms with E-state index in [9.17, 15) is 0 Å². The monoisotopic (exact) mass is 514 g/mol. The zero-order chi connectivity index (χ0) is 24.6. The van der Waals surface area contributed by atoms with Crippen LogP contribution in [0.1, 0.15) is 5.56 Å². The van der Waals surface area contributed by atoms with Crippen molar-refractivity contribution in [2.75, 3.05) is 12.0 Å². The standard InChI is InChI=1S/C33H30SSi2/c1-34-25-24-27-22-23-32(35(28-14-6-2-7-15-28)29-16-8-3-9-17-29)33(26-27)36(30-18-10-4-11-19-30)31-20-12-5-13-21-31/h2-23,26H,24-25H2,1H3. The van der Waals surface area contributed by atoms with Gasteiger partial charge in [-0.25, -0.2) is 0 Å². The van der Waals surface area contributed by atoms with Crippen LogP contribution in [-0.2, 0) is 6.42 Å². The number of aryl methyl sites for hydroxylation is 1. The van der Waals surface area contributed by atoms with Crippen LogP contribution < -0.4 is 31.1 Å². The van der Waals surface area contributed by atoms with Crippen molar-refractivity contribution in [3.63, 3.8) is 0 Å². The van der Waals surface area contributed by atoms with Crippen LogP contribution >= 0.6 is 11.8 Å². The molecule has 0 N–H and O–H groups in total. The molecule has 0 atom stereocenters. The molecule has 0 bridgehead atoms. The molecule has 0 aliphatic heterocycles. The molecule has 0 fully saturated rings. The summed E-state index contributed by atoms with van der Waals surface area (Å²) in [6, 6.07) is 52.1. The van der Waals surface area contributed by atoms with Gasteiger partial charge in [-0.2, -0.15) is 11.8 Å². The van der Waals surface area contributed by atoms with Gasteiger partial charge < -0.3 is 0 Å². The fourth-order valence-corrected chi connectivity index (χ4v) is 11.2. The lowest BCUT2D eigenvalue weighted by Crippen LogP contribution is -2.64. The maximum absolute atomic E-state index is 2.55. The molecule has 5 aromatic rings. The molecule has 0 aromatic heterocycles. The van der Waals surface area contributed by atoms with E-state index in [1.165, 1.54) is 36.7 Å². The van der Waals surface area contributed by atoms with E-state index in [-0.39, 0.29) is 0 Å². The van der Waals surface area contributed by atoms with Gasteiger partial charge in [0.1, 0.15) is 0 Å². The summed E-state index contributed by atoms with van der Waals surface area (Å²) >= 11 is 1.92. The fraction of sp³-hybridized carbons (Fsp3) is 0.0909. The minimum Gasteiger partial charge on any atom is -0.165 e. The smallest absolute Gasteiger partial charge is 0.154 e. The van der Waals surface area contributed by atoms with Gasteiger partial charge in [-0.3, -0.25) is 0 Å². The Morgan fingerprint density at radius 2 is 0.861 bits per heavy atom. The van der Waals surface area contributed by atoms with Crippen molar-refractivity contribution in [1.29, 1.82) is 0 Å². The Morgan fingerprint density at radius 1 is 0.472 bits per heavy atom. The van der Waals surface area contributed by atoms with E-state index in [0.29, 0.717) is 0 Å². The van der Waals surface area contributed by atoms with Crippen LogP contribution in [0.15, 0.2) is 140 Å². The van der Waals surface area contributed by atoms with Crippen LogP contribution in [0.3, 0.4) is 0 Å². The van der Waals surface area contributed by atoms with Crippen LogP contribution in [-0.4, -0.2) is 29.6 Å². The van der Waals surface area contributed by atoms with E-state index in [4.69, 9.17) is 0 Å². The van der Waals surface area contributed by atoms with Crippen molar-refractivity contribution in [2.45, 2.75) is 6.42 Å². The predicted molar refractivity (Wildman–Crippen MR) is 164 cm³/mol. The highest BCUT2D eigenvalue weighted by atomic mass is 32.2. The molecule has 2 radical (unpaired) electrons. The molecule has 3 heteroatoms. The Kier molecular flexibility index (Phi) is 8.34.